The number of nitrogens with zero attached hydrogens (tertiary/aromatic N) is 4. The number of hydrogen-bond donors (Lipinski definition) is 3. The van der Waals surface area contributed by atoms with Crippen molar-refractivity contribution >= 4 is 45.9 Å². The van der Waals surface area contributed by atoms with Gasteiger partial charge in [-0.05, 0) is 54.3 Å². The Morgan fingerprint density at radius 2 is 1.88 bits per heavy atom. The third kappa shape index (κ3) is 9.36. The molecule has 50 heavy (non-hydrogen) atoms. The molecule has 0 saturated heterocycles. The monoisotopic (exact) mass is 699 g/mol. The molecule has 2 aliphatic rings. The molecule has 4 N–H and O–H groups in total. The van der Waals surface area contributed by atoms with Crippen LogP contribution in [0.15, 0.2) is 83.2 Å². The second kappa shape index (κ2) is 17.6. The van der Waals surface area contributed by atoms with Crippen LogP contribution in [0.4, 0.5) is 11.5 Å². The number of ether oxygens (including phenoxy) is 1. The van der Waals surface area contributed by atoms with E-state index >= 15 is 0 Å². The molecule has 0 unspecified atom stereocenters. The molecule has 0 bridgehead atoms. The number of allylic oxidation sites excluding steroid dienone is 1. The van der Waals surface area contributed by atoms with Gasteiger partial charge in [0.2, 0.25) is 11.3 Å². The molecule has 1 amide bonds. The largest absolute Gasteiger partial charge is 0.462 e. The predicted molar refractivity (Wildman–Crippen MR) is 201 cm³/mol. The van der Waals surface area contributed by atoms with E-state index in [4.69, 9.17) is 22.1 Å². The summed E-state index contributed by atoms with van der Waals surface area (Å²) in [7, 11) is 0. The Hall–Kier alpha value is -5.00. The van der Waals surface area contributed by atoms with Crippen LogP contribution in [0.25, 0.3) is 16.6 Å². The molecular formula is C38H46ClN7O4. The minimum Gasteiger partial charge on any atom is -0.462 e. The lowest BCUT2D eigenvalue weighted by Crippen LogP contribution is -2.21. The van der Waals surface area contributed by atoms with Crippen molar-refractivity contribution in [3.63, 3.8) is 0 Å². The summed E-state index contributed by atoms with van der Waals surface area (Å²) in [4.78, 5) is 48.1. The predicted octanol–water partition coefficient (Wildman–Crippen LogP) is 6.52. The first-order chi connectivity index (χ1) is 24.0. The van der Waals surface area contributed by atoms with Gasteiger partial charge in [0.05, 0.1) is 47.0 Å². The van der Waals surface area contributed by atoms with Crippen LogP contribution >= 0.6 is 11.6 Å². The van der Waals surface area contributed by atoms with Gasteiger partial charge in [0.25, 0.3) is 0 Å². The number of carbonyl (C=O) groups is 2. The van der Waals surface area contributed by atoms with E-state index in [0.29, 0.717) is 41.1 Å². The zero-order chi connectivity index (χ0) is 36.4. The van der Waals surface area contributed by atoms with Crippen molar-refractivity contribution in [2.24, 2.45) is 11.7 Å². The number of halogens is 1. The van der Waals surface area contributed by atoms with Gasteiger partial charge in [-0.1, -0.05) is 63.9 Å². The molecular weight excluding hydrogens is 654 g/mol. The maximum absolute atomic E-state index is 13.3. The highest BCUT2D eigenvalue weighted by molar-refractivity contribution is 6.34. The molecule has 1 aromatic carbocycles. The molecule has 0 saturated carbocycles. The fourth-order valence-corrected chi connectivity index (χ4v) is 5.61. The Labute approximate surface area is 298 Å². The van der Waals surface area contributed by atoms with Gasteiger partial charge in [0.15, 0.2) is 0 Å². The Kier molecular flexibility index (Phi) is 13.3. The molecule has 0 aliphatic carbocycles. The van der Waals surface area contributed by atoms with Crippen molar-refractivity contribution in [3.8, 4) is 5.69 Å². The number of benzene rings is 1. The van der Waals surface area contributed by atoms with E-state index in [1.54, 1.807) is 42.1 Å². The van der Waals surface area contributed by atoms with Crippen LogP contribution in [0, 0.1) is 5.92 Å². The van der Waals surface area contributed by atoms with Crippen molar-refractivity contribution in [2.45, 2.75) is 61.1 Å². The normalized spacial score (nSPS) is 13.6. The molecule has 0 spiro atoms. The number of esters is 1. The average molecular weight is 700 g/mol. The van der Waals surface area contributed by atoms with E-state index in [1.165, 1.54) is 25.1 Å². The van der Waals surface area contributed by atoms with E-state index in [0.717, 1.165) is 35.7 Å². The zero-order valence-electron chi connectivity index (χ0n) is 29.5. The Morgan fingerprint density at radius 3 is 2.48 bits per heavy atom. The lowest BCUT2D eigenvalue weighted by Gasteiger charge is -2.21. The molecule has 4 aromatic rings. The third-order valence-corrected chi connectivity index (χ3v) is 7.95. The molecule has 0 radical (unpaired) electrons. The summed E-state index contributed by atoms with van der Waals surface area (Å²) in [6.45, 7) is 14.8. The van der Waals surface area contributed by atoms with Gasteiger partial charge in [-0.15, -0.1) is 0 Å². The molecule has 0 fully saturated rings. The second-order valence-electron chi connectivity index (χ2n) is 12.3. The van der Waals surface area contributed by atoms with E-state index in [1.807, 2.05) is 18.2 Å². The van der Waals surface area contributed by atoms with Gasteiger partial charge in [-0.3, -0.25) is 14.6 Å². The van der Waals surface area contributed by atoms with Crippen molar-refractivity contribution in [1.29, 1.82) is 0 Å². The number of hydrogen-bond acceptors (Lipinski definition) is 9. The molecule has 3 aromatic heterocycles. The van der Waals surface area contributed by atoms with Gasteiger partial charge < -0.3 is 30.6 Å². The number of nitrogens with one attached hydrogen (secondary N) is 2. The van der Waals surface area contributed by atoms with Crippen LogP contribution in [0.2, 0.25) is 5.02 Å². The lowest BCUT2D eigenvalue weighted by molar-refractivity contribution is -0.114. The topological polar surface area (TPSA) is 144 Å². The minimum atomic E-state index is -0.720. The summed E-state index contributed by atoms with van der Waals surface area (Å²) in [6.07, 6.45) is 10.3. The van der Waals surface area contributed by atoms with Gasteiger partial charge >= 0.3 is 5.97 Å². The smallest absolute Gasteiger partial charge is 0.343 e. The number of amides is 1. The maximum Gasteiger partial charge on any atom is 0.343 e. The SMILES string of the molecule is CC(C)/C=C\C1=C(N)CNC1.CCC.CCOC(=O)c1cn(-c2ccc(NC(C)=O)nc2)c2cc(N3Cc4cccnc4C3)c(Cl)cc2c1=O. The number of fused-ring (bicyclic) bond motifs is 2. The summed E-state index contributed by atoms with van der Waals surface area (Å²) in [5.74, 6) is 0.0282. The number of rotatable bonds is 7. The maximum atomic E-state index is 13.3. The van der Waals surface area contributed by atoms with Crippen LogP contribution in [0.1, 0.15) is 69.6 Å². The zero-order valence-corrected chi connectivity index (χ0v) is 30.3. The van der Waals surface area contributed by atoms with Gasteiger partial charge in [-0.2, -0.15) is 0 Å². The molecule has 0 atom stereocenters. The van der Waals surface area contributed by atoms with E-state index in [9.17, 15) is 14.4 Å². The number of anilines is 2. The second-order valence-corrected chi connectivity index (χ2v) is 12.7. The highest BCUT2D eigenvalue weighted by Gasteiger charge is 2.24. The molecule has 264 valence electrons. The van der Waals surface area contributed by atoms with Gasteiger partial charge in [-0.25, -0.2) is 9.78 Å². The van der Waals surface area contributed by atoms with Crippen LogP contribution in [-0.2, 0) is 22.6 Å². The standard InChI is InChI=1S/C26H22ClN5O4.C9H16N2.C3H8/c1-3-36-26(35)19-13-32(17-6-7-24(29-11-17)30-15(2)33)22-10-23(20(27)9-18(22)25(19)34)31-12-16-5-4-8-28-21(16)14-31;1-7(2)3-4-8-5-11-6-9(8)10;1-3-2/h4-11,13H,3,12,14H2,1-2H3,(H,29,30,33);3-4,7,11H,5-6,10H2,1-2H3;3H2,1-2H3/b;4-3-;. The molecule has 6 rings (SSSR count). The molecule has 11 nitrogen and oxygen atoms in total. The number of aromatic nitrogens is 3. The Bertz CT molecular complexity index is 1930. The Balaban J connectivity index is 0.000000337. The van der Waals surface area contributed by atoms with Crippen molar-refractivity contribution in [2.75, 3.05) is 29.9 Å². The van der Waals surface area contributed by atoms with E-state index in [2.05, 4.69) is 65.3 Å². The van der Waals surface area contributed by atoms with Gasteiger partial charge in [0, 0.05) is 50.0 Å². The lowest BCUT2D eigenvalue weighted by atomic mass is 10.1. The van der Waals surface area contributed by atoms with Crippen molar-refractivity contribution < 1.29 is 14.3 Å². The van der Waals surface area contributed by atoms with Crippen molar-refractivity contribution in [3.05, 3.63) is 110 Å². The summed E-state index contributed by atoms with van der Waals surface area (Å²) in [5, 5.41) is 6.48. The summed E-state index contributed by atoms with van der Waals surface area (Å²) < 4.78 is 6.82. The Morgan fingerprint density at radius 1 is 1.12 bits per heavy atom. The number of carbonyl (C=O) groups excluding carboxylic acids is 2. The van der Waals surface area contributed by atoms with Crippen LogP contribution in [-0.4, -0.2) is 46.1 Å². The van der Waals surface area contributed by atoms with Crippen LogP contribution < -0.4 is 26.7 Å². The van der Waals surface area contributed by atoms with Crippen molar-refractivity contribution in [1.82, 2.24) is 19.9 Å². The van der Waals surface area contributed by atoms with Gasteiger partial charge in [0.1, 0.15) is 11.4 Å². The first-order valence-corrected chi connectivity index (χ1v) is 17.2. The highest BCUT2D eigenvalue weighted by atomic mass is 35.5. The average Bonchev–Trinajstić information content (AvgIpc) is 3.70. The molecule has 5 heterocycles. The first kappa shape index (κ1) is 37.8. The third-order valence-electron chi connectivity index (χ3n) is 7.65. The summed E-state index contributed by atoms with van der Waals surface area (Å²) in [6, 6.07) is 10.7. The summed E-state index contributed by atoms with van der Waals surface area (Å²) in [5.41, 5.74) is 11.3. The first-order valence-electron chi connectivity index (χ1n) is 16.8. The fraction of sp³-hybridized carbons (Fsp3) is 0.342. The molecule has 12 heteroatoms. The number of nitrogens with two attached hydrogens (primary N) is 1. The minimum absolute atomic E-state index is 0.114. The summed E-state index contributed by atoms with van der Waals surface area (Å²) >= 11 is 6.68. The molecule has 2 aliphatic heterocycles. The van der Waals surface area contributed by atoms with E-state index in [-0.39, 0.29) is 23.5 Å². The quantitative estimate of drug-likeness (QED) is 0.184. The number of pyridine rings is 3. The van der Waals surface area contributed by atoms with Crippen LogP contribution in [0.3, 0.4) is 0 Å². The highest BCUT2D eigenvalue weighted by Crippen LogP contribution is 2.35. The van der Waals surface area contributed by atoms with E-state index < -0.39 is 11.4 Å². The fourth-order valence-electron chi connectivity index (χ4n) is 5.33. The van der Waals surface area contributed by atoms with Crippen LogP contribution in [0.5, 0.6) is 0 Å².